The highest BCUT2D eigenvalue weighted by Gasteiger charge is 2.31. The van der Waals surface area contributed by atoms with Crippen LogP contribution in [0.2, 0.25) is 0 Å². The zero-order valence-electron chi connectivity index (χ0n) is 18.3. The van der Waals surface area contributed by atoms with Crippen LogP contribution in [-0.4, -0.2) is 24.8 Å². The van der Waals surface area contributed by atoms with Gasteiger partial charge in [0.2, 0.25) is 5.76 Å². The van der Waals surface area contributed by atoms with Gasteiger partial charge < -0.3 is 24.5 Å². The van der Waals surface area contributed by atoms with Crippen molar-refractivity contribution in [3.05, 3.63) is 84.1 Å². The lowest BCUT2D eigenvalue weighted by molar-refractivity contribution is -0.274. The second kappa shape index (κ2) is 9.80. The summed E-state index contributed by atoms with van der Waals surface area (Å²) >= 11 is 0. The molecule has 0 aliphatic rings. The van der Waals surface area contributed by atoms with Crippen molar-refractivity contribution in [2.24, 2.45) is 0 Å². The molecule has 10 heteroatoms. The van der Waals surface area contributed by atoms with Crippen LogP contribution in [0.5, 0.6) is 11.5 Å². The number of alkyl halides is 3. The Morgan fingerprint density at radius 2 is 1.51 bits per heavy atom. The zero-order valence-corrected chi connectivity index (χ0v) is 18.3. The van der Waals surface area contributed by atoms with E-state index in [-0.39, 0.29) is 17.1 Å². The van der Waals surface area contributed by atoms with Crippen LogP contribution in [0, 0.1) is 0 Å². The van der Waals surface area contributed by atoms with E-state index >= 15 is 0 Å². The van der Waals surface area contributed by atoms with Crippen molar-refractivity contribution in [2.75, 3.05) is 17.2 Å². The summed E-state index contributed by atoms with van der Waals surface area (Å²) < 4.78 is 52.0. The third-order valence-corrected chi connectivity index (χ3v) is 4.81. The molecule has 0 saturated carbocycles. The molecule has 0 atom stereocenters. The summed E-state index contributed by atoms with van der Waals surface area (Å²) in [5, 5.41) is 5.78. The number of anilines is 2. The zero-order chi connectivity index (χ0) is 25.0. The summed E-state index contributed by atoms with van der Waals surface area (Å²) in [6.45, 7) is 2.34. The minimum absolute atomic E-state index is 0.161. The van der Waals surface area contributed by atoms with Crippen molar-refractivity contribution in [3.63, 3.8) is 0 Å². The summed E-state index contributed by atoms with van der Waals surface area (Å²) in [4.78, 5) is 25.8. The predicted octanol–water partition coefficient (Wildman–Crippen LogP) is 6.23. The number of ether oxygens (including phenoxy) is 2. The number of hydrogen-bond acceptors (Lipinski definition) is 5. The molecule has 2 N–H and O–H groups in total. The Labute approximate surface area is 197 Å². The van der Waals surface area contributed by atoms with E-state index in [1.165, 1.54) is 12.1 Å². The standard InChI is InChI=1S/C25H19F3N2O5/c1-2-33-17-11-7-15(8-12-17)23(31)30-21-19-5-3-4-6-20(19)34-22(21)24(32)29-16-9-13-18(14-10-16)35-25(26,27)28/h3-14H,2H2,1H3,(H,29,32)(H,30,31). The number of fused-ring (bicyclic) bond motifs is 1. The molecule has 35 heavy (non-hydrogen) atoms. The molecule has 0 bridgehead atoms. The van der Waals surface area contributed by atoms with E-state index in [1.54, 1.807) is 48.5 Å². The van der Waals surface area contributed by atoms with E-state index in [0.717, 1.165) is 12.1 Å². The molecular weight excluding hydrogens is 465 g/mol. The third-order valence-electron chi connectivity index (χ3n) is 4.81. The monoisotopic (exact) mass is 484 g/mol. The molecule has 180 valence electrons. The van der Waals surface area contributed by atoms with Gasteiger partial charge in [-0.2, -0.15) is 0 Å². The minimum atomic E-state index is -4.82. The molecule has 0 fully saturated rings. The van der Waals surface area contributed by atoms with Gasteiger partial charge >= 0.3 is 6.36 Å². The average molecular weight is 484 g/mol. The molecule has 0 aliphatic heterocycles. The average Bonchev–Trinajstić information content (AvgIpc) is 3.18. The van der Waals surface area contributed by atoms with Crippen LogP contribution in [0.15, 0.2) is 77.2 Å². The number of benzene rings is 3. The molecular formula is C25H19F3N2O5. The Kier molecular flexibility index (Phi) is 6.63. The summed E-state index contributed by atoms with van der Waals surface area (Å²) in [6.07, 6.45) is -4.82. The van der Waals surface area contributed by atoms with E-state index in [0.29, 0.717) is 28.9 Å². The molecule has 0 unspecified atom stereocenters. The highest BCUT2D eigenvalue weighted by Crippen LogP contribution is 2.32. The number of rotatable bonds is 7. The van der Waals surface area contributed by atoms with Crippen molar-refractivity contribution in [3.8, 4) is 11.5 Å². The highest BCUT2D eigenvalue weighted by atomic mass is 19.4. The van der Waals surface area contributed by atoms with Crippen LogP contribution in [0.1, 0.15) is 27.8 Å². The van der Waals surface area contributed by atoms with E-state index in [4.69, 9.17) is 9.15 Å². The van der Waals surface area contributed by atoms with E-state index < -0.39 is 23.9 Å². The number of hydrogen-bond donors (Lipinski definition) is 2. The largest absolute Gasteiger partial charge is 0.573 e. The fraction of sp³-hybridized carbons (Fsp3) is 0.120. The third kappa shape index (κ3) is 5.72. The number of furan rings is 1. The van der Waals surface area contributed by atoms with E-state index in [2.05, 4.69) is 15.4 Å². The molecule has 0 spiro atoms. The molecule has 0 saturated heterocycles. The van der Waals surface area contributed by atoms with Gasteiger partial charge in [0.15, 0.2) is 0 Å². The first-order valence-corrected chi connectivity index (χ1v) is 10.5. The Morgan fingerprint density at radius 1 is 0.857 bits per heavy atom. The first-order chi connectivity index (χ1) is 16.7. The van der Waals surface area contributed by atoms with Gasteiger partial charge in [-0.25, -0.2) is 0 Å². The SMILES string of the molecule is CCOc1ccc(C(=O)Nc2c(C(=O)Nc3ccc(OC(F)(F)F)cc3)oc3ccccc23)cc1. The van der Waals surface area contributed by atoms with E-state index in [1.807, 2.05) is 6.92 Å². The maximum absolute atomic E-state index is 13.0. The molecule has 1 heterocycles. The van der Waals surface area contributed by atoms with E-state index in [9.17, 15) is 22.8 Å². The van der Waals surface area contributed by atoms with Gasteiger partial charge in [-0.1, -0.05) is 12.1 Å². The maximum Gasteiger partial charge on any atom is 0.573 e. The minimum Gasteiger partial charge on any atom is -0.494 e. The Balaban J connectivity index is 1.57. The number of carbonyl (C=O) groups excluding carboxylic acids is 2. The van der Waals surface area contributed by atoms with Crippen molar-refractivity contribution in [1.82, 2.24) is 0 Å². The lowest BCUT2D eigenvalue weighted by atomic mass is 10.1. The van der Waals surface area contributed by atoms with Crippen molar-refractivity contribution < 1.29 is 36.7 Å². The summed E-state index contributed by atoms with van der Waals surface area (Å²) in [7, 11) is 0. The molecule has 3 aromatic carbocycles. The fourth-order valence-corrected chi connectivity index (χ4v) is 3.31. The number of nitrogens with one attached hydrogen (secondary N) is 2. The van der Waals surface area contributed by atoms with Crippen LogP contribution < -0.4 is 20.1 Å². The number of carbonyl (C=O) groups is 2. The van der Waals surface area contributed by atoms with Crippen molar-refractivity contribution in [1.29, 1.82) is 0 Å². The highest BCUT2D eigenvalue weighted by molar-refractivity contribution is 6.16. The molecule has 4 aromatic rings. The first-order valence-electron chi connectivity index (χ1n) is 10.5. The Morgan fingerprint density at radius 3 is 2.17 bits per heavy atom. The van der Waals surface area contributed by atoms with Crippen LogP contribution in [0.3, 0.4) is 0 Å². The van der Waals surface area contributed by atoms with Crippen LogP contribution >= 0.6 is 0 Å². The second-order valence-electron chi connectivity index (χ2n) is 7.24. The first kappa shape index (κ1) is 23.7. The van der Waals surface area contributed by atoms with Gasteiger partial charge in [0.05, 0.1) is 6.61 Å². The number of amides is 2. The van der Waals surface area contributed by atoms with Crippen molar-refractivity contribution in [2.45, 2.75) is 13.3 Å². The maximum atomic E-state index is 13.0. The second-order valence-corrected chi connectivity index (χ2v) is 7.24. The lowest BCUT2D eigenvalue weighted by Crippen LogP contribution is -2.18. The normalized spacial score (nSPS) is 11.2. The van der Waals surface area contributed by atoms with Crippen molar-refractivity contribution >= 4 is 34.2 Å². The van der Waals surface area contributed by atoms with Gasteiger partial charge in [0.25, 0.3) is 11.8 Å². The van der Waals surface area contributed by atoms with Gasteiger partial charge in [-0.3, -0.25) is 9.59 Å². The van der Waals surface area contributed by atoms with Crippen LogP contribution in [0.25, 0.3) is 11.0 Å². The Bertz CT molecular complexity index is 1350. The molecule has 0 radical (unpaired) electrons. The smallest absolute Gasteiger partial charge is 0.494 e. The Hall–Kier alpha value is -4.47. The number of halogens is 3. The molecule has 7 nitrogen and oxygen atoms in total. The molecule has 2 amide bonds. The van der Waals surface area contributed by atoms with Crippen LogP contribution in [-0.2, 0) is 0 Å². The topological polar surface area (TPSA) is 89.8 Å². The summed E-state index contributed by atoms with van der Waals surface area (Å²) in [6, 6.07) is 17.9. The van der Waals surface area contributed by atoms with Gasteiger partial charge in [-0.15, -0.1) is 13.2 Å². The molecule has 0 aliphatic carbocycles. The quantitative estimate of drug-likeness (QED) is 0.324. The molecule has 1 aromatic heterocycles. The van der Waals surface area contributed by atoms with Gasteiger partial charge in [0, 0.05) is 16.6 Å². The number of para-hydroxylation sites is 1. The van der Waals surface area contributed by atoms with Gasteiger partial charge in [0.1, 0.15) is 22.8 Å². The molecule has 4 rings (SSSR count). The van der Waals surface area contributed by atoms with Gasteiger partial charge in [-0.05, 0) is 67.6 Å². The summed E-state index contributed by atoms with van der Waals surface area (Å²) in [5.74, 6) is -1.15. The fourth-order valence-electron chi connectivity index (χ4n) is 3.31. The predicted molar refractivity (Wildman–Crippen MR) is 123 cm³/mol. The summed E-state index contributed by atoms with van der Waals surface area (Å²) in [5.41, 5.74) is 1.07. The lowest BCUT2D eigenvalue weighted by Gasteiger charge is -2.10. The van der Waals surface area contributed by atoms with Crippen LogP contribution in [0.4, 0.5) is 24.5 Å².